The number of carbonyl (C=O) groups is 2. The lowest BCUT2D eigenvalue weighted by atomic mass is 10.0. The lowest BCUT2D eigenvalue weighted by Gasteiger charge is -2.51. The average Bonchev–Trinajstić information content (AvgIpc) is 3.42. The molecule has 2 aromatic rings. The Hall–Kier alpha value is -3.18. The van der Waals surface area contributed by atoms with Gasteiger partial charge in [-0.1, -0.05) is 11.6 Å². The predicted molar refractivity (Wildman–Crippen MR) is 116 cm³/mol. The molecule has 1 saturated carbocycles. The van der Waals surface area contributed by atoms with Crippen LogP contribution in [0.4, 0.5) is 8.78 Å². The first-order valence-electron chi connectivity index (χ1n) is 10.8. The number of pyridine rings is 1. The van der Waals surface area contributed by atoms with Crippen LogP contribution >= 0.6 is 11.6 Å². The Morgan fingerprint density at radius 1 is 1.26 bits per heavy atom. The molecule has 1 unspecified atom stereocenters. The second-order valence-corrected chi connectivity index (χ2v) is 9.16. The molecule has 3 N–H and O–H groups in total. The Labute approximate surface area is 197 Å². The van der Waals surface area contributed by atoms with Crippen molar-refractivity contribution in [2.24, 2.45) is 0 Å². The topological polar surface area (TPSA) is 115 Å². The Bertz CT molecular complexity index is 1310. The maximum absolute atomic E-state index is 14.2. The van der Waals surface area contributed by atoms with Crippen molar-refractivity contribution in [3.8, 4) is 5.75 Å². The molecule has 12 heteroatoms. The van der Waals surface area contributed by atoms with E-state index >= 15 is 0 Å². The molecule has 1 atom stereocenters. The molecule has 180 valence electrons. The maximum atomic E-state index is 14.2. The average molecular weight is 495 g/mol. The highest BCUT2D eigenvalue weighted by Gasteiger charge is 2.55. The standard InChI is InChI=1S/C22H21ClF2N4O5/c1-27-21(34)17-19(32)18(31)14(20(33)26-8-10-12(24)5-4-11(23)15(10)25)16-13(30)9-28(29(16)17)22(27)6-2-3-7-22/h4-5,13,30,32H,2-3,6-9H2,1H3,(H,26,33). The van der Waals surface area contributed by atoms with Crippen LogP contribution in [0.25, 0.3) is 0 Å². The molecular formula is C22H21ClF2N4O5. The van der Waals surface area contributed by atoms with Crippen LogP contribution in [0.5, 0.6) is 5.75 Å². The first kappa shape index (κ1) is 22.6. The van der Waals surface area contributed by atoms with Crippen molar-refractivity contribution < 1.29 is 28.6 Å². The zero-order valence-electron chi connectivity index (χ0n) is 18.1. The van der Waals surface area contributed by atoms with Crippen molar-refractivity contribution in [1.82, 2.24) is 14.9 Å². The number of amides is 2. The Kier molecular flexibility index (Phi) is 5.10. The number of rotatable bonds is 3. The lowest BCUT2D eigenvalue weighted by molar-refractivity contribution is 0.0386. The molecule has 2 amide bonds. The zero-order chi connectivity index (χ0) is 24.5. The second kappa shape index (κ2) is 7.67. The molecule has 0 saturated heterocycles. The van der Waals surface area contributed by atoms with E-state index in [1.54, 1.807) is 12.1 Å². The van der Waals surface area contributed by atoms with Gasteiger partial charge in [0.1, 0.15) is 29.0 Å². The number of carbonyl (C=O) groups excluding carboxylic acids is 2. The normalized spacial score (nSPS) is 20.3. The van der Waals surface area contributed by atoms with Crippen LogP contribution in [0.3, 0.4) is 0 Å². The van der Waals surface area contributed by atoms with Crippen LogP contribution in [-0.2, 0) is 6.54 Å². The van der Waals surface area contributed by atoms with Gasteiger partial charge in [-0.15, -0.1) is 0 Å². The fourth-order valence-electron chi connectivity index (χ4n) is 5.37. The van der Waals surface area contributed by atoms with E-state index in [-0.39, 0.29) is 23.0 Å². The number of aliphatic hydroxyl groups excluding tert-OH is 1. The summed E-state index contributed by atoms with van der Waals surface area (Å²) in [5.41, 5.74) is -3.50. The second-order valence-electron chi connectivity index (χ2n) is 8.75. The van der Waals surface area contributed by atoms with Crippen molar-refractivity contribution >= 4 is 23.4 Å². The molecule has 34 heavy (non-hydrogen) atoms. The number of fused-ring (bicyclic) bond motifs is 1. The van der Waals surface area contributed by atoms with Crippen molar-refractivity contribution in [2.75, 3.05) is 18.6 Å². The van der Waals surface area contributed by atoms with E-state index < -0.39 is 64.1 Å². The van der Waals surface area contributed by atoms with Crippen LogP contribution in [0.15, 0.2) is 16.9 Å². The molecule has 1 spiro atoms. The molecule has 1 fully saturated rings. The third-order valence-electron chi connectivity index (χ3n) is 7.07. The van der Waals surface area contributed by atoms with Crippen LogP contribution in [-0.4, -0.2) is 50.9 Å². The summed E-state index contributed by atoms with van der Waals surface area (Å²) in [6.45, 7) is -0.644. The number of aliphatic hydroxyl groups is 1. The van der Waals surface area contributed by atoms with E-state index in [9.17, 15) is 33.4 Å². The monoisotopic (exact) mass is 494 g/mol. The fraction of sp³-hybridized carbons (Fsp3) is 0.409. The quantitative estimate of drug-likeness (QED) is 0.560. The summed E-state index contributed by atoms with van der Waals surface area (Å²) in [5.74, 6) is -4.59. The molecule has 0 radical (unpaired) electrons. The van der Waals surface area contributed by atoms with Gasteiger partial charge in [0, 0.05) is 19.2 Å². The van der Waals surface area contributed by atoms with Gasteiger partial charge in [0.25, 0.3) is 11.8 Å². The fourth-order valence-corrected chi connectivity index (χ4v) is 5.55. The van der Waals surface area contributed by atoms with Crippen molar-refractivity contribution in [2.45, 2.75) is 44.0 Å². The Balaban J connectivity index is 1.61. The minimum Gasteiger partial charge on any atom is -0.502 e. The van der Waals surface area contributed by atoms with Gasteiger partial charge in [-0.05, 0) is 37.8 Å². The summed E-state index contributed by atoms with van der Waals surface area (Å²) in [4.78, 5) is 40.7. The van der Waals surface area contributed by atoms with Crippen LogP contribution in [0, 0.1) is 11.6 Å². The number of nitrogens with one attached hydrogen (secondary N) is 1. The van der Waals surface area contributed by atoms with E-state index in [2.05, 4.69) is 5.32 Å². The highest BCUT2D eigenvalue weighted by Crippen LogP contribution is 2.45. The smallest absolute Gasteiger partial charge is 0.278 e. The van der Waals surface area contributed by atoms with Crippen molar-refractivity contribution in [3.05, 3.63) is 61.5 Å². The molecule has 1 aromatic carbocycles. The summed E-state index contributed by atoms with van der Waals surface area (Å²) >= 11 is 5.69. The van der Waals surface area contributed by atoms with E-state index in [1.807, 2.05) is 0 Å². The van der Waals surface area contributed by atoms with Crippen LogP contribution in [0.1, 0.15) is 63.9 Å². The SMILES string of the molecule is CN1C(=O)c2c(O)c(=O)c(C(=O)NCc3c(F)ccc(Cl)c3F)c3n2N(CC3O)C12CCCC2. The van der Waals surface area contributed by atoms with Gasteiger partial charge in [0.05, 0.1) is 17.3 Å². The van der Waals surface area contributed by atoms with E-state index in [1.165, 1.54) is 9.58 Å². The third kappa shape index (κ3) is 2.89. The molecule has 1 aliphatic carbocycles. The number of hydrogen-bond donors (Lipinski definition) is 3. The lowest BCUT2D eigenvalue weighted by Crippen LogP contribution is -2.67. The number of nitrogens with zero attached hydrogens (tertiary/aromatic N) is 3. The van der Waals surface area contributed by atoms with Gasteiger partial charge in [0.15, 0.2) is 11.4 Å². The number of aromatic hydroxyl groups is 1. The summed E-state index contributed by atoms with van der Waals surface area (Å²) in [6.07, 6.45) is 1.59. The maximum Gasteiger partial charge on any atom is 0.278 e. The summed E-state index contributed by atoms with van der Waals surface area (Å²) in [6, 6.07) is 1.97. The molecule has 3 heterocycles. The van der Waals surface area contributed by atoms with E-state index in [0.717, 1.165) is 25.0 Å². The summed E-state index contributed by atoms with van der Waals surface area (Å²) in [7, 11) is 1.58. The predicted octanol–water partition coefficient (Wildman–Crippen LogP) is 1.76. The molecular weight excluding hydrogens is 474 g/mol. The number of benzene rings is 1. The number of halogens is 3. The van der Waals surface area contributed by atoms with Gasteiger partial charge in [0.2, 0.25) is 5.43 Å². The largest absolute Gasteiger partial charge is 0.502 e. The minimum atomic E-state index is -1.32. The van der Waals surface area contributed by atoms with Gasteiger partial charge in [-0.2, -0.15) is 0 Å². The molecule has 9 nitrogen and oxygen atoms in total. The molecule has 5 rings (SSSR count). The first-order chi connectivity index (χ1) is 16.1. The van der Waals surface area contributed by atoms with Gasteiger partial charge in [-0.3, -0.25) is 19.4 Å². The number of hydrogen-bond acceptors (Lipinski definition) is 6. The molecule has 2 aliphatic heterocycles. The van der Waals surface area contributed by atoms with Crippen LogP contribution < -0.4 is 15.8 Å². The highest BCUT2D eigenvalue weighted by molar-refractivity contribution is 6.30. The van der Waals surface area contributed by atoms with Gasteiger partial charge in [-0.25, -0.2) is 13.5 Å². The summed E-state index contributed by atoms with van der Waals surface area (Å²) < 4.78 is 29.6. The third-order valence-corrected chi connectivity index (χ3v) is 7.37. The first-order valence-corrected chi connectivity index (χ1v) is 11.1. The highest BCUT2D eigenvalue weighted by atomic mass is 35.5. The van der Waals surface area contributed by atoms with Crippen molar-refractivity contribution in [3.63, 3.8) is 0 Å². The molecule has 0 bridgehead atoms. The number of aromatic nitrogens is 1. The van der Waals surface area contributed by atoms with Crippen LogP contribution in [0.2, 0.25) is 5.02 Å². The Morgan fingerprint density at radius 3 is 2.62 bits per heavy atom. The van der Waals surface area contributed by atoms with Gasteiger partial charge >= 0.3 is 0 Å². The van der Waals surface area contributed by atoms with Gasteiger partial charge < -0.3 is 20.4 Å². The Morgan fingerprint density at radius 2 is 1.94 bits per heavy atom. The zero-order valence-corrected chi connectivity index (χ0v) is 18.8. The molecule has 1 aromatic heterocycles. The van der Waals surface area contributed by atoms with E-state index in [0.29, 0.717) is 12.8 Å². The summed E-state index contributed by atoms with van der Waals surface area (Å²) in [5, 5.41) is 25.2. The minimum absolute atomic E-state index is 0.00859. The molecule has 3 aliphatic rings. The van der Waals surface area contributed by atoms with Crippen molar-refractivity contribution in [1.29, 1.82) is 0 Å². The van der Waals surface area contributed by atoms with E-state index in [4.69, 9.17) is 11.6 Å².